The smallest absolute Gasteiger partial charge is 0.408 e. The van der Waals surface area contributed by atoms with Crippen LogP contribution in [0.2, 0.25) is 0 Å². The first-order valence-corrected chi connectivity index (χ1v) is 6.11. The lowest BCUT2D eigenvalue weighted by Gasteiger charge is -2.23. The summed E-state index contributed by atoms with van der Waals surface area (Å²) in [5.74, 6) is 0.181. The maximum absolute atomic E-state index is 11.7. The highest BCUT2D eigenvalue weighted by molar-refractivity contribution is 5.68. The summed E-state index contributed by atoms with van der Waals surface area (Å²) in [6, 6.07) is 6.73. The number of ether oxygens (including phenoxy) is 1. The number of para-hydroxylation sites is 1. The van der Waals surface area contributed by atoms with Gasteiger partial charge in [-0.2, -0.15) is 0 Å². The number of hydrogen-bond acceptors (Lipinski definition) is 3. The Morgan fingerprint density at radius 1 is 1.39 bits per heavy atom. The van der Waals surface area contributed by atoms with E-state index >= 15 is 0 Å². The van der Waals surface area contributed by atoms with Gasteiger partial charge >= 0.3 is 6.09 Å². The highest BCUT2D eigenvalue weighted by Crippen LogP contribution is 2.26. The van der Waals surface area contributed by atoms with E-state index in [1.54, 1.807) is 18.2 Å². The van der Waals surface area contributed by atoms with E-state index < -0.39 is 11.7 Å². The molecule has 0 heterocycles. The Labute approximate surface area is 108 Å². The minimum atomic E-state index is -0.527. The van der Waals surface area contributed by atoms with Gasteiger partial charge in [-0.1, -0.05) is 25.1 Å². The van der Waals surface area contributed by atoms with Gasteiger partial charge in [0.1, 0.15) is 11.4 Å². The lowest BCUT2D eigenvalue weighted by molar-refractivity contribution is 0.0502. The van der Waals surface area contributed by atoms with Gasteiger partial charge in [-0.3, -0.25) is 0 Å². The summed E-state index contributed by atoms with van der Waals surface area (Å²) < 4.78 is 5.20. The maximum atomic E-state index is 11.7. The second-order valence-electron chi connectivity index (χ2n) is 5.17. The predicted octanol–water partition coefficient (Wildman–Crippen LogP) is 3.37. The Hall–Kier alpha value is -1.71. The number of hydrogen-bond donors (Lipinski definition) is 2. The van der Waals surface area contributed by atoms with Crippen molar-refractivity contribution in [2.24, 2.45) is 0 Å². The first kappa shape index (κ1) is 14.4. The monoisotopic (exact) mass is 251 g/mol. The molecule has 0 bridgehead atoms. The van der Waals surface area contributed by atoms with Crippen LogP contribution in [0.1, 0.15) is 45.7 Å². The molecule has 0 aliphatic heterocycles. The van der Waals surface area contributed by atoms with Crippen LogP contribution in [0.5, 0.6) is 5.75 Å². The van der Waals surface area contributed by atoms with E-state index in [1.165, 1.54) is 0 Å². The fourth-order valence-corrected chi connectivity index (χ4v) is 1.63. The number of carbonyl (C=O) groups is 1. The molecule has 0 saturated heterocycles. The quantitative estimate of drug-likeness (QED) is 0.866. The number of phenols is 1. The number of aromatic hydroxyl groups is 1. The molecule has 1 rings (SSSR count). The zero-order valence-corrected chi connectivity index (χ0v) is 11.4. The minimum Gasteiger partial charge on any atom is -0.508 e. The largest absolute Gasteiger partial charge is 0.508 e. The van der Waals surface area contributed by atoms with Gasteiger partial charge in [0, 0.05) is 5.56 Å². The first-order valence-electron chi connectivity index (χ1n) is 6.11. The number of rotatable bonds is 3. The van der Waals surface area contributed by atoms with Gasteiger partial charge in [0.05, 0.1) is 6.04 Å². The van der Waals surface area contributed by atoms with Crippen LogP contribution in [-0.4, -0.2) is 16.8 Å². The van der Waals surface area contributed by atoms with Crippen LogP contribution in [0.15, 0.2) is 24.3 Å². The van der Waals surface area contributed by atoms with Gasteiger partial charge in [0.2, 0.25) is 0 Å². The normalized spacial score (nSPS) is 12.9. The standard InChI is InChI=1S/C14H21NO3/c1-5-11(10-8-6-7-9-12(10)16)15-13(17)18-14(2,3)4/h6-9,11,16H,5H2,1-4H3,(H,15,17)/t11-/m0/s1. The molecule has 0 aliphatic carbocycles. The molecule has 0 spiro atoms. The summed E-state index contributed by atoms with van der Waals surface area (Å²) in [6.07, 6.45) is 0.203. The highest BCUT2D eigenvalue weighted by Gasteiger charge is 2.20. The topological polar surface area (TPSA) is 58.6 Å². The second-order valence-corrected chi connectivity index (χ2v) is 5.17. The van der Waals surface area contributed by atoms with Crippen LogP contribution in [0.4, 0.5) is 4.79 Å². The number of alkyl carbamates (subject to hydrolysis) is 1. The van der Waals surface area contributed by atoms with Crippen molar-refractivity contribution < 1.29 is 14.6 Å². The van der Waals surface area contributed by atoms with Gasteiger partial charge in [0.25, 0.3) is 0 Å². The lowest BCUT2D eigenvalue weighted by Crippen LogP contribution is -2.34. The third-order valence-electron chi connectivity index (χ3n) is 2.41. The predicted molar refractivity (Wildman–Crippen MR) is 70.5 cm³/mol. The molecule has 1 atom stereocenters. The molecule has 100 valence electrons. The van der Waals surface area contributed by atoms with E-state index in [0.29, 0.717) is 12.0 Å². The number of benzene rings is 1. The van der Waals surface area contributed by atoms with Crippen LogP contribution in [0, 0.1) is 0 Å². The Kier molecular flexibility index (Phi) is 4.59. The summed E-state index contributed by atoms with van der Waals surface area (Å²) in [5, 5.41) is 12.5. The Morgan fingerprint density at radius 2 is 2.00 bits per heavy atom. The molecule has 1 aromatic rings. The molecule has 18 heavy (non-hydrogen) atoms. The zero-order chi connectivity index (χ0) is 13.8. The molecule has 0 saturated carbocycles. The lowest BCUT2D eigenvalue weighted by atomic mass is 10.0. The summed E-state index contributed by atoms with van der Waals surface area (Å²) >= 11 is 0. The first-order chi connectivity index (χ1) is 8.33. The fraction of sp³-hybridized carbons (Fsp3) is 0.500. The molecule has 1 aromatic carbocycles. The maximum Gasteiger partial charge on any atom is 0.408 e. The average molecular weight is 251 g/mol. The van der Waals surface area contributed by atoms with Crippen molar-refractivity contribution in [1.82, 2.24) is 5.32 Å². The van der Waals surface area contributed by atoms with Crippen LogP contribution in [0.25, 0.3) is 0 Å². The van der Waals surface area contributed by atoms with Crippen molar-refractivity contribution in [3.8, 4) is 5.75 Å². The second kappa shape index (κ2) is 5.76. The molecular weight excluding hydrogens is 230 g/mol. The molecule has 0 aliphatic rings. The summed E-state index contributed by atoms with van der Waals surface area (Å²) in [4.78, 5) is 11.7. The molecule has 1 amide bonds. The Bertz CT molecular complexity index is 410. The van der Waals surface area contributed by atoms with Gasteiger partial charge in [-0.05, 0) is 33.3 Å². The van der Waals surface area contributed by atoms with Crippen LogP contribution in [0.3, 0.4) is 0 Å². The SMILES string of the molecule is CC[C@H](NC(=O)OC(C)(C)C)c1ccccc1O. The van der Waals surface area contributed by atoms with Gasteiger partial charge in [-0.15, -0.1) is 0 Å². The Morgan fingerprint density at radius 3 is 2.50 bits per heavy atom. The third kappa shape index (κ3) is 4.28. The molecule has 0 unspecified atom stereocenters. The fourth-order valence-electron chi connectivity index (χ4n) is 1.63. The van der Waals surface area contributed by atoms with E-state index in [-0.39, 0.29) is 11.8 Å². The molecule has 0 aromatic heterocycles. The summed E-state index contributed by atoms with van der Waals surface area (Å²) in [7, 11) is 0. The van der Waals surface area contributed by atoms with Crippen LogP contribution < -0.4 is 5.32 Å². The van der Waals surface area contributed by atoms with Gasteiger partial charge in [-0.25, -0.2) is 4.79 Å². The molecule has 0 fully saturated rings. The average Bonchev–Trinajstić information content (AvgIpc) is 2.24. The molecule has 4 heteroatoms. The zero-order valence-electron chi connectivity index (χ0n) is 11.4. The molecular formula is C14H21NO3. The van der Waals surface area contributed by atoms with Crippen molar-refractivity contribution in [2.45, 2.75) is 45.8 Å². The van der Waals surface area contributed by atoms with Gasteiger partial charge < -0.3 is 15.2 Å². The van der Waals surface area contributed by atoms with Crippen molar-refractivity contribution >= 4 is 6.09 Å². The number of phenolic OH excluding ortho intramolecular Hbond substituents is 1. The number of nitrogens with one attached hydrogen (secondary N) is 1. The van der Waals surface area contributed by atoms with E-state index in [2.05, 4.69) is 5.32 Å². The molecule has 2 N–H and O–H groups in total. The van der Waals surface area contributed by atoms with E-state index in [1.807, 2.05) is 33.8 Å². The van der Waals surface area contributed by atoms with Crippen molar-refractivity contribution in [3.63, 3.8) is 0 Å². The van der Waals surface area contributed by atoms with Crippen molar-refractivity contribution in [1.29, 1.82) is 0 Å². The Balaban J connectivity index is 2.74. The van der Waals surface area contributed by atoms with Crippen LogP contribution in [-0.2, 0) is 4.74 Å². The highest BCUT2D eigenvalue weighted by atomic mass is 16.6. The van der Waals surface area contributed by atoms with Crippen LogP contribution >= 0.6 is 0 Å². The van der Waals surface area contributed by atoms with Gasteiger partial charge in [0.15, 0.2) is 0 Å². The van der Waals surface area contributed by atoms with E-state index in [9.17, 15) is 9.90 Å². The number of amides is 1. The molecule has 0 radical (unpaired) electrons. The summed E-state index contributed by atoms with van der Waals surface area (Å²) in [5.41, 5.74) is 0.173. The summed E-state index contributed by atoms with van der Waals surface area (Å²) in [6.45, 7) is 7.38. The number of carbonyl (C=O) groups excluding carboxylic acids is 1. The third-order valence-corrected chi connectivity index (χ3v) is 2.41. The van der Waals surface area contributed by atoms with Crippen molar-refractivity contribution in [3.05, 3.63) is 29.8 Å². The van der Waals surface area contributed by atoms with E-state index in [0.717, 1.165) is 0 Å². The van der Waals surface area contributed by atoms with E-state index in [4.69, 9.17) is 4.74 Å². The minimum absolute atomic E-state index is 0.181. The molecule has 4 nitrogen and oxygen atoms in total. The van der Waals surface area contributed by atoms with Crippen molar-refractivity contribution in [2.75, 3.05) is 0 Å².